The zero-order valence-corrected chi connectivity index (χ0v) is 12.7. The van der Waals surface area contributed by atoms with Gasteiger partial charge in [-0.25, -0.2) is 4.99 Å². The summed E-state index contributed by atoms with van der Waals surface area (Å²) in [4.78, 5) is 26.8. The molecule has 2 N–H and O–H groups in total. The second kappa shape index (κ2) is 6.79. The first-order chi connectivity index (χ1) is 9.72. The third-order valence-electron chi connectivity index (χ3n) is 3.01. The molecule has 0 amide bonds. The first-order valence-electron chi connectivity index (χ1n) is 6.55. The van der Waals surface area contributed by atoms with E-state index in [0.29, 0.717) is 0 Å². The van der Waals surface area contributed by atoms with Crippen molar-refractivity contribution in [2.45, 2.75) is 27.2 Å². The lowest BCUT2D eigenvalue weighted by molar-refractivity contribution is -0.123. The number of rotatable bonds is 6. The molecule has 0 atom stereocenters. The number of nitrogens with two attached hydrogens (primary N) is 1. The summed E-state index contributed by atoms with van der Waals surface area (Å²) in [6.45, 7) is 12.6. The fourth-order valence-corrected chi connectivity index (χ4v) is 1.87. The van der Waals surface area contributed by atoms with E-state index in [9.17, 15) is 9.59 Å². The predicted octanol–water partition coefficient (Wildman–Crippen LogP) is 2.63. The molecule has 0 radical (unpaired) electrons. The molecule has 0 aliphatic rings. The Bertz CT molecular complexity index is 655. The molecule has 4 heteroatoms. The Morgan fingerprint density at radius 2 is 1.86 bits per heavy atom. The standard InChI is InChI=1S/C17H20N2O2/c1-10-6-7-15(11(2)8-10)17(18)19-14(5)13(4)16(21)9-12(3)20/h6-8H,4-5,9H2,1-3H3,(H2,18,19). The number of aliphatic imine (C=N–C) groups is 1. The number of allylic oxidation sites excluding steroid dienone is 1. The van der Waals surface area contributed by atoms with Crippen molar-refractivity contribution in [2.24, 2.45) is 10.7 Å². The second-order valence-corrected chi connectivity index (χ2v) is 5.04. The number of benzene rings is 1. The van der Waals surface area contributed by atoms with Crippen LogP contribution in [0.1, 0.15) is 30.0 Å². The number of aryl methyl sites for hydroxylation is 2. The second-order valence-electron chi connectivity index (χ2n) is 5.04. The van der Waals surface area contributed by atoms with E-state index in [1.54, 1.807) is 0 Å². The number of nitrogens with zero attached hydrogens (tertiary/aromatic N) is 1. The van der Waals surface area contributed by atoms with Crippen LogP contribution in [0.2, 0.25) is 0 Å². The van der Waals surface area contributed by atoms with Crippen LogP contribution in [0.4, 0.5) is 0 Å². The van der Waals surface area contributed by atoms with Crippen molar-refractivity contribution < 1.29 is 9.59 Å². The number of hydrogen-bond acceptors (Lipinski definition) is 3. The van der Waals surface area contributed by atoms with Crippen LogP contribution in [0.25, 0.3) is 0 Å². The molecule has 4 nitrogen and oxygen atoms in total. The van der Waals surface area contributed by atoms with Crippen LogP contribution in [-0.2, 0) is 9.59 Å². The first-order valence-corrected chi connectivity index (χ1v) is 6.55. The Morgan fingerprint density at radius 1 is 1.24 bits per heavy atom. The van der Waals surface area contributed by atoms with E-state index in [0.717, 1.165) is 16.7 Å². The molecule has 1 aromatic carbocycles. The van der Waals surface area contributed by atoms with Gasteiger partial charge in [0.15, 0.2) is 5.78 Å². The SMILES string of the molecule is C=C(N=C(N)c1ccc(C)cc1C)C(=C)C(=O)CC(C)=O. The van der Waals surface area contributed by atoms with Crippen LogP contribution in [0.5, 0.6) is 0 Å². The zero-order valence-electron chi connectivity index (χ0n) is 12.7. The van der Waals surface area contributed by atoms with Crippen molar-refractivity contribution in [3.8, 4) is 0 Å². The number of amidine groups is 1. The van der Waals surface area contributed by atoms with Gasteiger partial charge in [-0.05, 0) is 26.3 Å². The Balaban J connectivity index is 2.96. The van der Waals surface area contributed by atoms with Gasteiger partial charge in [-0.3, -0.25) is 9.59 Å². The molecule has 21 heavy (non-hydrogen) atoms. The largest absolute Gasteiger partial charge is 0.383 e. The molecule has 1 rings (SSSR count). The summed E-state index contributed by atoms with van der Waals surface area (Å²) in [5.41, 5.74) is 9.15. The molecule has 110 valence electrons. The number of ketones is 2. The van der Waals surface area contributed by atoms with Crippen molar-refractivity contribution in [1.82, 2.24) is 0 Å². The monoisotopic (exact) mass is 284 g/mol. The zero-order chi connectivity index (χ0) is 16.2. The van der Waals surface area contributed by atoms with Crippen LogP contribution in [0.3, 0.4) is 0 Å². The molecule has 0 saturated carbocycles. The molecular weight excluding hydrogens is 264 g/mol. The topological polar surface area (TPSA) is 72.5 Å². The highest BCUT2D eigenvalue weighted by atomic mass is 16.1. The molecule has 0 unspecified atom stereocenters. The lowest BCUT2D eigenvalue weighted by Gasteiger charge is -2.08. The van der Waals surface area contributed by atoms with Crippen LogP contribution in [0, 0.1) is 13.8 Å². The molecule has 0 bridgehead atoms. The number of hydrogen-bond donors (Lipinski definition) is 1. The molecule has 1 aromatic rings. The normalized spacial score (nSPS) is 11.1. The molecule has 0 spiro atoms. The maximum absolute atomic E-state index is 11.7. The van der Waals surface area contributed by atoms with E-state index in [1.165, 1.54) is 6.92 Å². The van der Waals surface area contributed by atoms with Gasteiger partial charge in [-0.1, -0.05) is 36.9 Å². The van der Waals surface area contributed by atoms with Crippen LogP contribution in [-0.4, -0.2) is 17.4 Å². The van der Waals surface area contributed by atoms with E-state index in [4.69, 9.17) is 5.73 Å². The molecule has 0 aromatic heterocycles. The van der Waals surface area contributed by atoms with E-state index in [2.05, 4.69) is 18.2 Å². The third kappa shape index (κ3) is 4.53. The molecule has 0 aliphatic carbocycles. The van der Waals surface area contributed by atoms with E-state index in [-0.39, 0.29) is 35.1 Å². The van der Waals surface area contributed by atoms with Crippen molar-refractivity contribution in [3.05, 3.63) is 59.3 Å². The van der Waals surface area contributed by atoms with E-state index >= 15 is 0 Å². The predicted molar refractivity (Wildman–Crippen MR) is 85.2 cm³/mol. The molecular formula is C17H20N2O2. The molecule has 0 fully saturated rings. The molecule has 0 heterocycles. The first kappa shape index (κ1) is 16.6. The molecule has 0 saturated heterocycles. The van der Waals surface area contributed by atoms with E-state index < -0.39 is 0 Å². The number of carbonyl (C=O) groups is 2. The Morgan fingerprint density at radius 3 is 2.38 bits per heavy atom. The summed E-state index contributed by atoms with van der Waals surface area (Å²) in [5.74, 6) is -0.334. The van der Waals surface area contributed by atoms with Crippen LogP contribution >= 0.6 is 0 Å². The number of carbonyl (C=O) groups excluding carboxylic acids is 2. The average molecular weight is 284 g/mol. The highest BCUT2D eigenvalue weighted by Gasteiger charge is 2.13. The smallest absolute Gasteiger partial charge is 0.171 e. The Kier molecular flexibility index (Phi) is 5.36. The lowest BCUT2D eigenvalue weighted by Crippen LogP contribution is -2.16. The van der Waals surface area contributed by atoms with Gasteiger partial charge in [0.2, 0.25) is 0 Å². The van der Waals surface area contributed by atoms with Gasteiger partial charge in [0.1, 0.15) is 11.6 Å². The summed E-state index contributed by atoms with van der Waals surface area (Å²) >= 11 is 0. The quantitative estimate of drug-likeness (QED) is 0.287. The number of Topliss-reactive ketones (excluding diaryl/α,β-unsaturated/α-hetero) is 2. The summed E-state index contributed by atoms with van der Waals surface area (Å²) in [5, 5.41) is 0. The summed E-state index contributed by atoms with van der Waals surface area (Å²) in [6, 6.07) is 5.80. The minimum atomic E-state index is -0.385. The van der Waals surface area contributed by atoms with Crippen molar-refractivity contribution in [2.75, 3.05) is 0 Å². The van der Waals surface area contributed by atoms with Gasteiger partial charge in [0.25, 0.3) is 0 Å². The van der Waals surface area contributed by atoms with Crippen molar-refractivity contribution in [1.29, 1.82) is 0 Å². The maximum atomic E-state index is 11.7. The van der Waals surface area contributed by atoms with Crippen molar-refractivity contribution in [3.63, 3.8) is 0 Å². The molecule has 0 aliphatic heterocycles. The maximum Gasteiger partial charge on any atom is 0.171 e. The van der Waals surface area contributed by atoms with Crippen molar-refractivity contribution >= 4 is 17.4 Å². The minimum Gasteiger partial charge on any atom is -0.383 e. The Labute approximate surface area is 125 Å². The fraction of sp³-hybridized carbons (Fsp3) is 0.235. The average Bonchev–Trinajstić information content (AvgIpc) is 2.36. The Hall–Kier alpha value is -2.49. The lowest BCUT2D eigenvalue weighted by atomic mass is 10.0. The van der Waals surface area contributed by atoms with Gasteiger partial charge >= 0.3 is 0 Å². The van der Waals surface area contributed by atoms with Crippen LogP contribution in [0.15, 0.2) is 47.6 Å². The van der Waals surface area contributed by atoms with Crippen LogP contribution < -0.4 is 5.73 Å². The fourth-order valence-electron chi connectivity index (χ4n) is 1.87. The van der Waals surface area contributed by atoms with Gasteiger partial charge in [-0.15, -0.1) is 0 Å². The van der Waals surface area contributed by atoms with Gasteiger partial charge in [0.05, 0.1) is 12.1 Å². The highest BCUT2D eigenvalue weighted by molar-refractivity contribution is 6.09. The van der Waals surface area contributed by atoms with Gasteiger partial charge in [0, 0.05) is 11.1 Å². The van der Waals surface area contributed by atoms with Gasteiger partial charge < -0.3 is 5.73 Å². The third-order valence-corrected chi connectivity index (χ3v) is 3.01. The van der Waals surface area contributed by atoms with Gasteiger partial charge in [-0.2, -0.15) is 0 Å². The van der Waals surface area contributed by atoms with E-state index in [1.807, 2.05) is 32.0 Å². The summed E-state index contributed by atoms with van der Waals surface area (Å²) < 4.78 is 0. The highest BCUT2D eigenvalue weighted by Crippen LogP contribution is 2.14. The minimum absolute atomic E-state index is 0.109. The summed E-state index contributed by atoms with van der Waals surface area (Å²) in [6.07, 6.45) is -0.198. The summed E-state index contributed by atoms with van der Waals surface area (Å²) in [7, 11) is 0.